The van der Waals surface area contributed by atoms with Crippen molar-refractivity contribution in [3.8, 4) is 5.75 Å². The Bertz CT molecular complexity index is 1100. The third-order valence-electron chi connectivity index (χ3n) is 5.30. The largest absolute Gasteiger partial charge is 0.497 e. The smallest absolute Gasteiger partial charge is 0.243 e. The van der Waals surface area contributed by atoms with Gasteiger partial charge in [-0.05, 0) is 54.8 Å². The molecule has 1 N–H and O–H groups in total. The number of benzene rings is 2. The van der Waals surface area contributed by atoms with Crippen molar-refractivity contribution < 1.29 is 22.7 Å². The second-order valence-electron chi connectivity index (χ2n) is 7.62. The van der Waals surface area contributed by atoms with Gasteiger partial charge in [0.15, 0.2) is 0 Å². The maximum absolute atomic E-state index is 13.0. The maximum atomic E-state index is 13.0. The van der Waals surface area contributed by atoms with Crippen LogP contribution < -0.4 is 15.0 Å². The van der Waals surface area contributed by atoms with E-state index >= 15 is 0 Å². The molecule has 0 aliphatic carbocycles. The topological polar surface area (TPSA) is 96.0 Å². The summed E-state index contributed by atoms with van der Waals surface area (Å²) >= 11 is 0. The minimum Gasteiger partial charge on any atom is -0.497 e. The summed E-state index contributed by atoms with van der Waals surface area (Å²) in [5.41, 5.74) is 2.39. The van der Waals surface area contributed by atoms with Gasteiger partial charge in [0.25, 0.3) is 0 Å². The minimum atomic E-state index is -3.86. The van der Waals surface area contributed by atoms with Crippen LogP contribution in [0.25, 0.3) is 0 Å². The van der Waals surface area contributed by atoms with E-state index in [1.165, 1.54) is 20.0 Å². The van der Waals surface area contributed by atoms with Crippen molar-refractivity contribution in [3.05, 3.63) is 53.6 Å². The average molecular weight is 446 g/mol. The first kappa shape index (κ1) is 22.8. The zero-order valence-electron chi connectivity index (χ0n) is 18.1. The fourth-order valence-electron chi connectivity index (χ4n) is 3.75. The van der Waals surface area contributed by atoms with E-state index in [4.69, 9.17) is 4.74 Å². The number of sulfonamides is 1. The molecule has 0 saturated carbocycles. The van der Waals surface area contributed by atoms with Crippen molar-refractivity contribution in [3.63, 3.8) is 0 Å². The van der Waals surface area contributed by atoms with Crippen LogP contribution in [0.2, 0.25) is 0 Å². The zero-order valence-corrected chi connectivity index (χ0v) is 18.9. The zero-order chi connectivity index (χ0) is 22.8. The number of likely N-dealkylation sites (N-methyl/N-ethyl adjacent to an activating group) is 1. The second kappa shape index (κ2) is 9.07. The molecule has 0 fully saturated rings. The molecule has 1 heterocycles. The number of fused-ring (bicyclic) bond motifs is 1. The van der Waals surface area contributed by atoms with Gasteiger partial charge in [0.2, 0.25) is 21.8 Å². The molecule has 0 saturated heterocycles. The van der Waals surface area contributed by atoms with Crippen LogP contribution in [0.4, 0.5) is 5.69 Å². The fraction of sp³-hybridized carbons (Fsp3) is 0.364. The van der Waals surface area contributed by atoms with Crippen LogP contribution in [-0.4, -0.2) is 51.3 Å². The highest BCUT2D eigenvalue weighted by molar-refractivity contribution is 7.89. The van der Waals surface area contributed by atoms with Gasteiger partial charge in [-0.1, -0.05) is 12.1 Å². The highest BCUT2D eigenvalue weighted by Gasteiger charge is 2.31. The van der Waals surface area contributed by atoms with E-state index in [9.17, 15) is 18.0 Å². The summed E-state index contributed by atoms with van der Waals surface area (Å²) in [6, 6.07) is 12.0. The predicted octanol–water partition coefficient (Wildman–Crippen LogP) is 1.93. The van der Waals surface area contributed by atoms with Gasteiger partial charge in [-0.15, -0.1) is 0 Å². The second-order valence-corrected chi connectivity index (χ2v) is 9.67. The number of rotatable bonds is 7. The average Bonchev–Trinajstić information content (AvgIpc) is 3.07. The first-order valence-corrected chi connectivity index (χ1v) is 11.4. The Morgan fingerprint density at radius 1 is 1.23 bits per heavy atom. The van der Waals surface area contributed by atoms with Gasteiger partial charge in [-0.3, -0.25) is 9.59 Å². The summed E-state index contributed by atoms with van der Waals surface area (Å²) in [5, 5.41) is 2.73. The maximum Gasteiger partial charge on any atom is 0.243 e. The van der Waals surface area contributed by atoms with Crippen LogP contribution in [0, 0.1) is 0 Å². The van der Waals surface area contributed by atoms with E-state index in [0.29, 0.717) is 12.2 Å². The van der Waals surface area contributed by atoms with Gasteiger partial charge in [0, 0.05) is 32.2 Å². The Morgan fingerprint density at radius 3 is 2.65 bits per heavy atom. The van der Waals surface area contributed by atoms with Crippen LogP contribution in [-0.2, 0) is 32.6 Å². The van der Waals surface area contributed by atoms with Gasteiger partial charge in [-0.25, -0.2) is 8.42 Å². The standard InChI is InChI=1S/C22H27N3O5S/c1-15-10-18-12-20(8-9-21(18)25(15)16(2)26)31(28,29)24(3)14-22(27)23-13-17-6-5-7-19(11-17)30-4/h5-9,11-12,15H,10,13-14H2,1-4H3,(H,23,27)/t15-/m0/s1. The Labute approximate surface area is 182 Å². The van der Waals surface area contributed by atoms with Gasteiger partial charge in [0.1, 0.15) is 5.75 Å². The number of hydrogen-bond acceptors (Lipinski definition) is 5. The molecule has 0 unspecified atom stereocenters. The van der Waals surface area contributed by atoms with Crippen molar-refractivity contribution in [2.45, 2.75) is 37.8 Å². The van der Waals surface area contributed by atoms with Crippen LogP contribution in [0.5, 0.6) is 5.75 Å². The Balaban J connectivity index is 1.67. The lowest BCUT2D eigenvalue weighted by Gasteiger charge is -2.21. The van der Waals surface area contributed by atoms with E-state index in [1.807, 2.05) is 19.1 Å². The first-order chi connectivity index (χ1) is 14.6. The molecule has 1 aliphatic rings. The lowest BCUT2D eigenvalue weighted by molar-refractivity contribution is -0.121. The molecule has 31 heavy (non-hydrogen) atoms. The molecule has 1 atom stereocenters. The summed E-state index contributed by atoms with van der Waals surface area (Å²) in [5.74, 6) is 0.193. The number of methoxy groups -OCH3 is 1. The van der Waals surface area contributed by atoms with Crippen LogP contribution in [0.15, 0.2) is 47.4 Å². The molecular formula is C22H27N3O5S. The highest BCUT2D eigenvalue weighted by atomic mass is 32.2. The molecule has 0 aromatic heterocycles. The highest BCUT2D eigenvalue weighted by Crippen LogP contribution is 2.34. The van der Waals surface area contributed by atoms with E-state index in [1.54, 1.807) is 36.3 Å². The summed E-state index contributed by atoms with van der Waals surface area (Å²) < 4.78 is 32.1. The Morgan fingerprint density at radius 2 is 1.97 bits per heavy atom. The normalized spacial score (nSPS) is 15.6. The lowest BCUT2D eigenvalue weighted by Crippen LogP contribution is -2.38. The monoisotopic (exact) mass is 445 g/mol. The van der Waals surface area contributed by atoms with E-state index in [0.717, 1.165) is 21.1 Å². The number of carbonyl (C=O) groups is 2. The van der Waals surface area contributed by atoms with Crippen LogP contribution in [0.1, 0.15) is 25.0 Å². The number of nitrogens with one attached hydrogen (secondary N) is 1. The van der Waals surface area contributed by atoms with Crippen LogP contribution >= 0.6 is 0 Å². The van der Waals surface area contributed by atoms with E-state index in [-0.39, 0.29) is 29.9 Å². The molecular weight excluding hydrogens is 418 g/mol. The van der Waals surface area contributed by atoms with Crippen molar-refractivity contribution in [1.29, 1.82) is 0 Å². The number of ether oxygens (including phenoxy) is 1. The molecule has 9 heteroatoms. The third kappa shape index (κ3) is 4.88. The minimum absolute atomic E-state index is 0.0226. The summed E-state index contributed by atoms with van der Waals surface area (Å²) in [4.78, 5) is 26.0. The molecule has 2 aromatic rings. The van der Waals surface area contributed by atoms with Crippen molar-refractivity contribution in [1.82, 2.24) is 9.62 Å². The van der Waals surface area contributed by atoms with Gasteiger partial charge >= 0.3 is 0 Å². The molecule has 0 spiro atoms. The van der Waals surface area contributed by atoms with Crippen molar-refractivity contribution >= 4 is 27.5 Å². The molecule has 166 valence electrons. The molecule has 8 nitrogen and oxygen atoms in total. The van der Waals surface area contributed by atoms with Gasteiger partial charge in [0.05, 0.1) is 18.6 Å². The molecule has 3 rings (SSSR count). The molecule has 0 bridgehead atoms. The Kier molecular flexibility index (Phi) is 6.66. The van der Waals surface area contributed by atoms with Crippen molar-refractivity contribution in [2.75, 3.05) is 25.6 Å². The van der Waals surface area contributed by atoms with E-state index in [2.05, 4.69) is 5.32 Å². The summed E-state index contributed by atoms with van der Waals surface area (Å²) in [7, 11) is -0.918. The van der Waals surface area contributed by atoms with Gasteiger partial charge in [-0.2, -0.15) is 4.31 Å². The third-order valence-corrected chi connectivity index (χ3v) is 7.10. The Hall–Kier alpha value is -2.91. The van der Waals surface area contributed by atoms with Crippen LogP contribution in [0.3, 0.4) is 0 Å². The summed E-state index contributed by atoms with van der Waals surface area (Å²) in [6.45, 7) is 3.38. The quantitative estimate of drug-likeness (QED) is 0.703. The lowest BCUT2D eigenvalue weighted by atomic mass is 10.1. The first-order valence-electron chi connectivity index (χ1n) is 9.92. The number of hydrogen-bond donors (Lipinski definition) is 1. The molecule has 2 aromatic carbocycles. The number of anilines is 1. The SMILES string of the molecule is COc1cccc(CNC(=O)CN(C)S(=O)(=O)c2ccc3c(c2)C[C@H](C)N3C(C)=O)c1. The van der Waals surface area contributed by atoms with E-state index < -0.39 is 15.9 Å². The number of amides is 2. The molecule has 2 amide bonds. The molecule has 0 radical (unpaired) electrons. The molecule has 1 aliphatic heterocycles. The number of carbonyl (C=O) groups excluding carboxylic acids is 2. The van der Waals surface area contributed by atoms with Crippen molar-refractivity contribution in [2.24, 2.45) is 0 Å². The fourth-order valence-corrected chi connectivity index (χ4v) is 4.93. The number of nitrogens with zero attached hydrogens (tertiary/aromatic N) is 2. The van der Waals surface area contributed by atoms with Gasteiger partial charge < -0.3 is 15.0 Å². The summed E-state index contributed by atoms with van der Waals surface area (Å²) in [6.07, 6.45) is 0.586. The predicted molar refractivity (Wildman–Crippen MR) is 117 cm³/mol.